The number of nitriles is 1. The highest BCUT2D eigenvalue weighted by atomic mass is 16.3. The summed E-state index contributed by atoms with van der Waals surface area (Å²) in [6.45, 7) is 11.7. The predicted octanol–water partition coefficient (Wildman–Crippen LogP) is 9.63. The van der Waals surface area contributed by atoms with Crippen molar-refractivity contribution in [3.8, 4) is 22.9 Å². The summed E-state index contributed by atoms with van der Waals surface area (Å²) in [4.78, 5) is 5.88. The molecule has 1 aliphatic rings. The number of aromatic nitrogens is 1. The normalized spacial score (nSPS) is 12.4. The van der Waals surface area contributed by atoms with Crippen molar-refractivity contribution in [3.05, 3.63) is 108 Å². The molecule has 5 heteroatoms. The molecule has 0 atom stereocenters. The smallest absolute Gasteiger partial charge is 0.187 e. The van der Waals surface area contributed by atoms with Crippen LogP contribution in [-0.2, 0) is 0 Å². The molecule has 188 valence electrons. The first-order valence-electron chi connectivity index (χ1n) is 13.3. The minimum atomic E-state index is 0.154. The summed E-state index contributed by atoms with van der Waals surface area (Å²) < 4.78 is 8.82. The van der Waals surface area contributed by atoms with Crippen molar-refractivity contribution in [2.45, 2.75) is 19.9 Å². The maximum absolute atomic E-state index is 9.73. The average Bonchev–Trinajstić information content (AvgIpc) is 3.52. The molecular formula is C35H22N4O. The van der Waals surface area contributed by atoms with Gasteiger partial charge in [-0.3, -0.25) is 0 Å². The van der Waals surface area contributed by atoms with Gasteiger partial charge in [-0.05, 0) is 61.4 Å². The molecular weight excluding hydrogens is 492 g/mol. The zero-order valence-electron chi connectivity index (χ0n) is 21.9. The maximum atomic E-state index is 9.73. The fourth-order valence-corrected chi connectivity index (χ4v) is 6.41. The molecule has 2 aromatic heterocycles. The van der Waals surface area contributed by atoms with E-state index in [0.29, 0.717) is 11.3 Å². The first-order valence-corrected chi connectivity index (χ1v) is 13.3. The molecule has 0 saturated carbocycles. The van der Waals surface area contributed by atoms with E-state index in [1.54, 1.807) is 0 Å². The Balaban J connectivity index is 1.58. The van der Waals surface area contributed by atoms with E-state index in [1.165, 1.54) is 0 Å². The lowest BCUT2D eigenvalue weighted by Gasteiger charge is -2.36. The van der Waals surface area contributed by atoms with Gasteiger partial charge in [-0.15, -0.1) is 0 Å². The molecule has 0 saturated heterocycles. The van der Waals surface area contributed by atoms with Gasteiger partial charge in [-0.25, -0.2) is 4.85 Å². The summed E-state index contributed by atoms with van der Waals surface area (Å²) in [5, 5.41) is 14.2. The Morgan fingerprint density at radius 1 is 0.775 bits per heavy atom. The van der Waals surface area contributed by atoms with Gasteiger partial charge in [0.15, 0.2) is 5.69 Å². The van der Waals surface area contributed by atoms with E-state index >= 15 is 0 Å². The molecule has 5 nitrogen and oxygen atoms in total. The van der Waals surface area contributed by atoms with E-state index in [-0.39, 0.29) is 6.04 Å². The van der Waals surface area contributed by atoms with Crippen molar-refractivity contribution in [1.82, 2.24) is 4.57 Å². The van der Waals surface area contributed by atoms with E-state index in [0.717, 1.165) is 71.9 Å². The van der Waals surface area contributed by atoms with Crippen LogP contribution >= 0.6 is 0 Å². The largest absolute Gasteiger partial charge is 0.456 e. The molecule has 0 amide bonds. The number of anilines is 2. The fourth-order valence-electron chi connectivity index (χ4n) is 6.41. The van der Waals surface area contributed by atoms with Crippen LogP contribution in [0.15, 0.2) is 95.4 Å². The molecule has 8 rings (SSSR count). The highest BCUT2D eigenvalue weighted by molar-refractivity contribution is 6.31. The van der Waals surface area contributed by atoms with Crippen LogP contribution in [-0.4, -0.2) is 10.6 Å². The first kappa shape index (κ1) is 22.5. The molecule has 40 heavy (non-hydrogen) atoms. The van der Waals surface area contributed by atoms with Crippen LogP contribution in [0.2, 0.25) is 0 Å². The van der Waals surface area contributed by atoms with E-state index in [1.807, 2.05) is 48.5 Å². The molecule has 0 N–H and O–H groups in total. The number of hydrogen-bond acceptors (Lipinski definition) is 3. The second kappa shape index (κ2) is 7.99. The van der Waals surface area contributed by atoms with Crippen molar-refractivity contribution in [3.63, 3.8) is 0 Å². The summed E-state index contributed by atoms with van der Waals surface area (Å²) in [7, 11) is 0. The summed E-state index contributed by atoms with van der Waals surface area (Å²) in [6, 6.07) is 33.2. The van der Waals surface area contributed by atoms with Crippen LogP contribution in [0.3, 0.4) is 0 Å². The van der Waals surface area contributed by atoms with Gasteiger partial charge >= 0.3 is 0 Å². The predicted molar refractivity (Wildman–Crippen MR) is 162 cm³/mol. The lowest BCUT2D eigenvalue weighted by Crippen LogP contribution is -2.29. The molecule has 5 aromatic carbocycles. The van der Waals surface area contributed by atoms with Gasteiger partial charge in [-0.1, -0.05) is 48.5 Å². The molecule has 1 aliphatic heterocycles. The monoisotopic (exact) mass is 514 g/mol. The molecule has 0 aliphatic carbocycles. The number of nitrogens with zero attached hydrogens (tertiary/aromatic N) is 4. The van der Waals surface area contributed by atoms with Crippen LogP contribution in [0.25, 0.3) is 65.4 Å². The zero-order valence-corrected chi connectivity index (χ0v) is 21.9. The zero-order chi connectivity index (χ0) is 27.1. The summed E-state index contributed by atoms with van der Waals surface area (Å²) in [6.07, 6.45) is 0. The third kappa shape index (κ3) is 2.89. The van der Waals surface area contributed by atoms with Crippen molar-refractivity contribution in [1.29, 1.82) is 5.26 Å². The van der Waals surface area contributed by atoms with Crippen molar-refractivity contribution >= 4 is 60.8 Å². The maximum Gasteiger partial charge on any atom is 0.187 e. The molecule has 0 radical (unpaired) electrons. The van der Waals surface area contributed by atoms with Gasteiger partial charge in [0.2, 0.25) is 0 Å². The Morgan fingerprint density at radius 3 is 2.35 bits per heavy atom. The van der Waals surface area contributed by atoms with E-state index in [9.17, 15) is 5.26 Å². The Labute approximate surface area is 230 Å². The van der Waals surface area contributed by atoms with Crippen molar-refractivity contribution < 1.29 is 4.42 Å². The van der Waals surface area contributed by atoms with Gasteiger partial charge in [0.05, 0.1) is 46.3 Å². The average molecular weight is 515 g/mol. The Morgan fingerprint density at radius 2 is 1.57 bits per heavy atom. The third-order valence-electron chi connectivity index (χ3n) is 8.06. The number of hydrogen-bond donors (Lipinski definition) is 0. The molecule has 0 unspecified atom stereocenters. The van der Waals surface area contributed by atoms with Gasteiger partial charge in [0.1, 0.15) is 11.2 Å². The Kier molecular flexibility index (Phi) is 4.49. The van der Waals surface area contributed by atoms with Crippen LogP contribution in [0.1, 0.15) is 19.4 Å². The van der Waals surface area contributed by atoms with E-state index in [2.05, 4.69) is 76.7 Å². The second-order valence-corrected chi connectivity index (χ2v) is 10.6. The lowest BCUT2D eigenvalue weighted by atomic mass is 9.99. The quantitative estimate of drug-likeness (QED) is 0.216. The van der Waals surface area contributed by atoms with Crippen LogP contribution in [0, 0.1) is 17.9 Å². The number of para-hydroxylation sites is 1. The summed E-state index contributed by atoms with van der Waals surface area (Å²) in [5.74, 6) is 0. The van der Waals surface area contributed by atoms with Gasteiger partial charge in [0, 0.05) is 33.7 Å². The minimum Gasteiger partial charge on any atom is -0.456 e. The topological polar surface area (TPSA) is 49.5 Å². The van der Waals surface area contributed by atoms with Gasteiger partial charge in [0.25, 0.3) is 0 Å². The van der Waals surface area contributed by atoms with Crippen molar-refractivity contribution in [2.75, 3.05) is 4.90 Å². The Bertz CT molecular complexity index is 2270. The Hall–Kier alpha value is -5.52. The van der Waals surface area contributed by atoms with Crippen LogP contribution in [0.4, 0.5) is 17.1 Å². The second-order valence-electron chi connectivity index (χ2n) is 10.6. The van der Waals surface area contributed by atoms with Gasteiger partial charge < -0.3 is 13.9 Å². The third-order valence-corrected chi connectivity index (χ3v) is 8.06. The van der Waals surface area contributed by atoms with E-state index in [4.69, 9.17) is 11.0 Å². The first-order chi connectivity index (χ1) is 19.6. The fraction of sp³-hybridized carbons (Fsp3) is 0.0857. The minimum absolute atomic E-state index is 0.154. The molecule has 3 heterocycles. The lowest BCUT2D eigenvalue weighted by molar-refractivity contribution is 0.668. The molecule has 0 bridgehead atoms. The molecule has 0 spiro atoms. The van der Waals surface area contributed by atoms with Gasteiger partial charge in [-0.2, -0.15) is 5.26 Å². The highest BCUT2D eigenvalue weighted by Crippen LogP contribution is 2.52. The number of fused-ring (bicyclic) bond motifs is 9. The van der Waals surface area contributed by atoms with Crippen molar-refractivity contribution in [2.24, 2.45) is 0 Å². The summed E-state index contributed by atoms with van der Waals surface area (Å²) >= 11 is 0. The van der Waals surface area contributed by atoms with E-state index < -0.39 is 0 Å². The molecule has 0 fully saturated rings. The van der Waals surface area contributed by atoms with Crippen LogP contribution in [0.5, 0.6) is 0 Å². The van der Waals surface area contributed by atoms with Crippen LogP contribution < -0.4 is 4.90 Å². The number of furan rings is 1. The number of benzene rings is 5. The standard InChI is InChI=1S/C35H22N4O/c1-20(2)38-29-16-21(19-36)8-14-28(29)39-27-15-11-23(22-9-12-24(37-3)13-10-22)17-26(27)34-33-25-6-4-5-7-31(25)40-32(33)18-30(38)35(34)39/h4-18,20H,1-2H3. The molecule has 7 aromatic rings. The highest BCUT2D eigenvalue weighted by Gasteiger charge is 2.32. The summed E-state index contributed by atoms with van der Waals surface area (Å²) in [5.41, 5.74) is 10.5. The number of rotatable bonds is 2. The SMILES string of the molecule is [C-]#[N+]c1ccc(-c2ccc3c(c2)c2c4c(cc5c2n3-c2ccc(C#N)cc2N5C(C)C)oc2ccccc24)cc1.